The molecular weight excluding hydrogens is 238 g/mol. The van der Waals surface area contributed by atoms with Crippen LogP contribution in [0.5, 0.6) is 0 Å². The minimum Gasteiger partial charge on any atom is -0.378 e. The van der Waals surface area contributed by atoms with Crippen LogP contribution in [0.25, 0.3) is 0 Å². The normalized spacial score (nSPS) is 20.4. The lowest BCUT2D eigenvalue weighted by Gasteiger charge is -2.27. The first-order valence-electron chi connectivity index (χ1n) is 6.12. The van der Waals surface area contributed by atoms with E-state index in [0.717, 1.165) is 0 Å². The zero-order valence-electron chi connectivity index (χ0n) is 10.2. The number of carbonyl (C=O) groups excluding carboxylic acids is 3. The number of hydrogen-bond acceptors (Lipinski definition) is 4. The number of nitrogens with one attached hydrogen (secondary N) is 1. The highest BCUT2D eigenvalue weighted by atomic mass is 16.5. The van der Waals surface area contributed by atoms with Crippen LogP contribution in [-0.2, 0) is 14.3 Å². The second kappa shape index (κ2) is 5.81. The molecule has 2 rings (SSSR count). The number of morpholine rings is 1. The predicted molar refractivity (Wildman–Crippen MR) is 61.7 cm³/mol. The maximum absolute atomic E-state index is 11.7. The smallest absolute Gasteiger partial charge is 0.317 e. The summed E-state index contributed by atoms with van der Waals surface area (Å²) in [5, 5.41) is 2.71. The summed E-state index contributed by atoms with van der Waals surface area (Å²) in [6.45, 7) is 2.81. The summed E-state index contributed by atoms with van der Waals surface area (Å²) < 4.78 is 5.14. The fraction of sp³-hybridized carbons (Fsp3) is 0.727. The Hall–Kier alpha value is -1.63. The summed E-state index contributed by atoms with van der Waals surface area (Å²) in [6, 6.07) is -0.169. The van der Waals surface area contributed by atoms with Gasteiger partial charge >= 0.3 is 6.03 Å². The zero-order valence-corrected chi connectivity index (χ0v) is 10.2. The molecule has 2 aliphatic heterocycles. The van der Waals surface area contributed by atoms with Gasteiger partial charge in [-0.15, -0.1) is 0 Å². The standard InChI is InChI=1S/C11H17N3O4/c15-9-1-2-10(16)14(9)4-3-12-11(17)13-5-7-18-8-6-13/h1-8H2,(H,12,17). The van der Waals surface area contributed by atoms with Crippen molar-refractivity contribution in [3.8, 4) is 0 Å². The summed E-state index contributed by atoms with van der Waals surface area (Å²) in [4.78, 5) is 37.2. The van der Waals surface area contributed by atoms with E-state index in [1.165, 1.54) is 4.90 Å². The SMILES string of the molecule is O=C(NCCN1C(=O)CCC1=O)N1CCOCC1. The van der Waals surface area contributed by atoms with E-state index in [4.69, 9.17) is 4.74 Å². The molecule has 0 aromatic heterocycles. The molecule has 0 spiro atoms. The van der Waals surface area contributed by atoms with Gasteiger partial charge < -0.3 is 15.0 Å². The number of nitrogens with zero attached hydrogens (tertiary/aromatic N) is 2. The Labute approximate surface area is 105 Å². The Morgan fingerprint density at radius 2 is 1.78 bits per heavy atom. The molecule has 100 valence electrons. The van der Waals surface area contributed by atoms with Crippen LogP contribution >= 0.6 is 0 Å². The number of likely N-dealkylation sites (tertiary alicyclic amines) is 1. The van der Waals surface area contributed by atoms with Crippen LogP contribution < -0.4 is 5.32 Å². The first kappa shape index (κ1) is 12.8. The van der Waals surface area contributed by atoms with Gasteiger partial charge in [0, 0.05) is 39.0 Å². The van der Waals surface area contributed by atoms with Crippen molar-refractivity contribution in [1.29, 1.82) is 0 Å². The third kappa shape index (κ3) is 2.98. The van der Waals surface area contributed by atoms with Crippen molar-refractivity contribution in [2.45, 2.75) is 12.8 Å². The first-order valence-corrected chi connectivity index (χ1v) is 6.12. The van der Waals surface area contributed by atoms with Crippen LogP contribution in [-0.4, -0.2) is 67.0 Å². The van der Waals surface area contributed by atoms with Gasteiger partial charge in [-0.2, -0.15) is 0 Å². The van der Waals surface area contributed by atoms with Crippen LogP contribution in [0.15, 0.2) is 0 Å². The zero-order chi connectivity index (χ0) is 13.0. The van der Waals surface area contributed by atoms with Crippen molar-refractivity contribution in [3.63, 3.8) is 0 Å². The Balaban J connectivity index is 1.69. The minimum absolute atomic E-state index is 0.152. The van der Waals surface area contributed by atoms with Gasteiger partial charge in [-0.05, 0) is 0 Å². The summed E-state index contributed by atoms with van der Waals surface area (Å²) in [7, 11) is 0. The van der Waals surface area contributed by atoms with Gasteiger partial charge in [0.05, 0.1) is 13.2 Å². The second-order valence-corrected chi connectivity index (χ2v) is 4.27. The Bertz CT molecular complexity index is 336. The molecule has 4 amide bonds. The fourth-order valence-electron chi connectivity index (χ4n) is 2.03. The summed E-state index contributed by atoms with van der Waals surface area (Å²) in [5.41, 5.74) is 0. The van der Waals surface area contributed by atoms with Crippen molar-refractivity contribution in [2.75, 3.05) is 39.4 Å². The number of urea groups is 1. The lowest BCUT2D eigenvalue weighted by atomic mass is 10.4. The molecule has 0 aliphatic carbocycles. The average molecular weight is 255 g/mol. The van der Waals surface area contributed by atoms with Crippen molar-refractivity contribution < 1.29 is 19.1 Å². The van der Waals surface area contributed by atoms with E-state index in [1.807, 2.05) is 0 Å². The van der Waals surface area contributed by atoms with E-state index in [-0.39, 0.29) is 37.2 Å². The molecule has 18 heavy (non-hydrogen) atoms. The average Bonchev–Trinajstić information content (AvgIpc) is 2.71. The predicted octanol–water partition coefficient (Wildman–Crippen LogP) is -0.823. The number of hydrogen-bond donors (Lipinski definition) is 1. The van der Waals surface area contributed by atoms with Crippen molar-refractivity contribution in [1.82, 2.24) is 15.1 Å². The minimum atomic E-state index is -0.169. The van der Waals surface area contributed by atoms with Crippen LogP contribution in [0.2, 0.25) is 0 Å². The largest absolute Gasteiger partial charge is 0.378 e. The van der Waals surface area contributed by atoms with Gasteiger partial charge in [0.2, 0.25) is 11.8 Å². The molecule has 7 nitrogen and oxygen atoms in total. The molecule has 0 saturated carbocycles. The molecule has 2 saturated heterocycles. The Morgan fingerprint density at radius 3 is 2.39 bits per heavy atom. The summed E-state index contributed by atoms with van der Waals surface area (Å²) in [5.74, 6) is -0.304. The van der Waals surface area contributed by atoms with E-state index in [2.05, 4.69) is 5.32 Å². The van der Waals surface area contributed by atoms with Gasteiger partial charge in [0.25, 0.3) is 0 Å². The lowest BCUT2D eigenvalue weighted by molar-refractivity contribution is -0.138. The van der Waals surface area contributed by atoms with Crippen LogP contribution in [0.3, 0.4) is 0 Å². The third-order valence-corrected chi connectivity index (χ3v) is 3.06. The first-order chi connectivity index (χ1) is 8.68. The molecule has 2 aliphatic rings. The van der Waals surface area contributed by atoms with Gasteiger partial charge in [-0.25, -0.2) is 4.79 Å². The van der Waals surface area contributed by atoms with E-state index in [0.29, 0.717) is 32.8 Å². The van der Waals surface area contributed by atoms with E-state index >= 15 is 0 Å². The molecule has 0 bridgehead atoms. The van der Waals surface area contributed by atoms with Crippen LogP contribution in [0.1, 0.15) is 12.8 Å². The fourth-order valence-corrected chi connectivity index (χ4v) is 2.03. The third-order valence-electron chi connectivity index (χ3n) is 3.06. The highest BCUT2D eigenvalue weighted by Gasteiger charge is 2.28. The van der Waals surface area contributed by atoms with Crippen molar-refractivity contribution in [2.24, 2.45) is 0 Å². The van der Waals surface area contributed by atoms with E-state index in [9.17, 15) is 14.4 Å². The molecule has 0 unspecified atom stereocenters. The van der Waals surface area contributed by atoms with E-state index < -0.39 is 0 Å². The van der Waals surface area contributed by atoms with Crippen LogP contribution in [0.4, 0.5) is 4.79 Å². The molecule has 2 fully saturated rings. The molecule has 0 radical (unpaired) electrons. The highest BCUT2D eigenvalue weighted by Crippen LogP contribution is 2.10. The van der Waals surface area contributed by atoms with Gasteiger partial charge in [0.1, 0.15) is 0 Å². The number of imide groups is 1. The molecule has 2 heterocycles. The molecular formula is C11H17N3O4. The topological polar surface area (TPSA) is 79.0 Å². The number of rotatable bonds is 3. The Morgan fingerprint density at radius 1 is 1.17 bits per heavy atom. The molecule has 0 aromatic rings. The van der Waals surface area contributed by atoms with Gasteiger partial charge in [0.15, 0.2) is 0 Å². The lowest BCUT2D eigenvalue weighted by Crippen LogP contribution is -2.48. The van der Waals surface area contributed by atoms with E-state index in [1.54, 1.807) is 4.90 Å². The quantitative estimate of drug-likeness (QED) is 0.668. The van der Waals surface area contributed by atoms with Crippen molar-refractivity contribution in [3.05, 3.63) is 0 Å². The number of ether oxygens (including phenoxy) is 1. The molecule has 0 aromatic carbocycles. The maximum Gasteiger partial charge on any atom is 0.317 e. The van der Waals surface area contributed by atoms with Gasteiger partial charge in [-0.1, -0.05) is 0 Å². The number of carbonyl (C=O) groups is 3. The second-order valence-electron chi connectivity index (χ2n) is 4.27. The number of amides is 4. The molecule has 7 heteroatoms. The monoisotopic (exact) mass is 255 g/mol. The van der Waals surface area contributed by atoms with Gasteiger partial charge in [-0.3, -0.25) is 14.5 Å². The highest BCUT2D eigenvalue weighted by molar-refractivity contribution is 6.01. The Kier molecular flexibility index (Phi) is 4.14. The summed E-state index contributed by atoms with van der Waals surface area (Å²) >= 11 is 0. The molecule has 1 N–H and O–H groups in total. The molecule has 0 atom stereocenters. The van der Waals surface area contributed by atoms with Crippen LogP contribution in [0, 0.1) is 0 Å². The van der Waals surface area contributed by atoms with Crippen molar-refractivity contribution >= 4 is 17.8 Å². The summed E-state index contributed by atoms with van der Waals surface area (Å²) in [6.07, 6.45) is 0.576. The maximum atomic E-state index is 11.7.